The summed E-state index contributed by atoms with van der Waals surface area (Å²) < 4.78 is 4.90. The topological polar surface area (TPSA) is 66.6 Å². The van der Waals surface area contributed by atoms with Crippen molar-refractivity contribution in [3.8, 4) is 11.8 Å². The molecular weight excluding hydrogens is 276 g/mol. The predicted octanol–water partition coefficient (Wildman–Crippen LogP) is 1.66. The van der Waals surface area contributed by atoms with Crippen molar-refractivity contribution in [3.63, 3.8) is 0 Å². The highest BCUT2D eigenvalue weighted by atomic mass is 32.1. The lowest BCUT2D eigenvalue weighted by Crippen LogP contribution is -2.26. The van der Waals surface area contributed by atoms with Crippen LogP contribution >= 0.6 is 11.3 Å². The van der Waals surface area contributed by atoms with E-state index < -0.39 is 0 Å². The molecule has 1 N–H and O–H groups in total. The third-order valence-corrected chi connectivity index (χ3v) is 3.59. The van der Waals surface area contributed by atoms with Gasteiger partial charge >= 0.3 is 0 Å². The van der Waals surface area contributed by atoms with Crippen LogP contribution in [0.2, 0.25) is 0 Å². The standard InChI is InChI=1S/C14H14N2O3S/c1-10-13(7-15-19-10)14(18)16(2)8-11-6-12(20-9-11)4-3-5-17/h6-7,9,17H,5,8H2,1-2H3. The largest absolute Gasteiger partial charge is 0.384 e. The molecule has 2 aromatic rings. The van der Waals surface area contributed by atoms with Crippen molar-refractivity contribution in [2.45, 2.75) is 13.5 Å². The first-order valence-electron chi connectivity index (χ1n) is 5.95. The summed E-state index contributed by atoms with van der Waals surface area (Å²) in [4.78, 5) is 14.7. The fraction of sp³-hybridized carbons (Fsp3) is 0.286. The monoisotopic (exact) mass is 290 g/mol. The molecule has 0 aliphatic rings. The summed E-state index contributed by atoms with van der Waals surface area (Å²) in [7, 11) is 1.73. The summed E-state index contributed by atoms with van der Waals surface area (Å²) in [5.74, 6) is 5.83. The summed E-state index contributed by atoms with van der Waals surface area (Å²) in [6.45, 7) is 2.04. The Kier molecular flexibility index (Phi) is 4.56. The number of aliphatic hydroxyl groups excluding tert-OH is 1. The zero-order chi connectivity index (χ0) is 14.5. The van der Waals surface area contributed by atoms with E-state index in [0.29, 0.717) is 17.9 Å². The van der Waals surface area contributed by atoms with Crippen molar-refractivity contribution >= 4 is 17.2 Å². The molecule has 0 radical (unpaired) electrons. The number of aliphatic hydroxyl groups is 1. The number of thiophene rings is 1. The van der Waals surface area contributed by atoms with Gasteiger partial charge in [0.2, 0.25) is 0 Å². The maximum absolute atomic E-state index is 12.2. The van der Waals surface area contributed by atoms with E-state index >= 15 is 0 Å². The molecule has 0 aliphatic heterocycles. The second kappa shape index (κ2) is 6.37. The van der Waals surface area contributed by atoms with Crippen LogP contribution in [0.25, 0.3) is 0 Å². The molecule has 0 bridgehead atoms. The number of carbonyl (C=O) groups excluding carboxylic acids is 1. The molecule has 1 amide bonds. The van der Waals surface area contributed by atoms with E-state index in [-0.39, 0.29) is 12.5 Å². The van der Waals surface area contributed by atoms with E-state index in [9.17, 15) is 4.79 Å². The van der Waals surface area contributed by atoms with Crippen molar-refractivity contribution in [1.82, 2.24) is 10.1 Å². The highest BCUT2D eigenvalue weighted by molar-refractivity contribution is 7.10. The van der Waals surface area contributed by atoms with Crippen molar-refractivity contribution in [2.24, 2.45) is 0 Å². The minimum Gasteiger partial charge on any atom is -0.384 e. The van der Waals surface area contributed by atoms with Crippen molar-refractivity contribution in [2.75, 3.05) is 13.7 Å². The van der Waals surface area contributed by atoms with E-state index in [1.165, 1.54) is 17.5 Å². The third kappa shape index (κ3) is 3.26. The van der Waals surface area contributed by atoms with Gasteiger partial charge in [-0.05, 0) is 23.9 Å². The molecule has 0 fully saturated rings. The van der Waals surface area contributed by atoms with Gasteiger partial charge in [0.05, 0.1) is 11.1 Å². The smallest absolute Gasteiger partial charge is 0.259 e. The Bertz CT molecular complexity index is 663. The van der Waals surface area contributed by atoms with Crippen molar-refractivity contribution in [3.05, 3.63) is 39.4 Å². The van der Waals surface area contributed by atoms with Crippen LogP contribution < -0.4 is 0 Å². The van der Waals surface area contributed by atoms with Crippen LogP contribution in [0.15, 0.2) is 22.2 Å². The molecule has 2 rings (SSSR count). The normalized spacial score (nSPS) is 9.95. The highest BCUT2D eigenvalue weighted by Crippen LogP contribution is 2.17. The lowest BCUT2D eigenvalue weighted by molar-refractivity contribution is 0.0783. The summed E-state index contributed by atoms with van der Waals surface area (Å²) in [5, 5.41) is 14.2. The first-order chi connectivity index (χ1) is 9.61. The number of hydrogen-bond donors (Lipinski definition) is 1. The van der Waals surface area contributed by atoms with E-state index in [2.05, 4.69) is 17.0 Å². The highest BCUT2D eigenvalue weighted by Gasteiger charge is 2.17. The average molecular weight is 290 g/mol. The zero-order valence-corrected chi connectivity index (χ0v) is 12.0. The SMILES string of the molecule is Cc1oncc1C(=O)N(C)Cc1csc(C#CCO)c1. The number of aryl methyl sites for hydroxylation is 1. The lowest BCUT2D eigenvalue weighted by Gasteiger charge is -2.15. The van der Waals surface area contributed by atoms with Crippen LogP contribution in [-0.4, -0.2) is 34.7 Å². The van der Waals surface area contributed by atoms with E-state index in [4.69, 9.17) is 9.63 Å². The fourth-order valence-corrected chi connectivity index (χ4v) is 2.48. The maximum atomic E-state index is 12.2. The van der Waals surface area contributed by atoms with Crippen LogP contribution in [0.4, 0.5) is 0 Å². The second-order valence-corrected chi connectivity index (χ2v) is 5.15. The first kappa shape index (κ1) is 14.3. The third-order valence-electron chi connectivity index (χ3n) is 2.69. The summed E-state index contributed by atoms with van der Waals surface area (Å²) in [6, 6.07) is 1.91. The summed E-state index contributed by atoms with van der Waals surface area (Å²) in [6.07, 6.45) is 1.43. The number of amides is 1. The van der Waals surface area contributed by atoms with Crippen LogP contribution in [0.5, 0.6) is 0 Å². The molecule has 104 valence electrons. The number of hydrogen-bond acceptors (Lipinski definition) is 5. The molecule has 0 saturated heterocycles. The molecule has 20 heavy (non-hydrogen) atoms. The Morgan fingerprint density at radius 1 is 1.60 bits per heavy atom. The summed E-state index contributed by atoms with van der Waals surface area (Å²) >= 11 is 1.49. The molecule has 0 atom stereocenters. The van der Waals surface area contributed by atoms with Gasteiger partial charge in [-0.2, -0.15) is 0 Å². The molecule has 6 heteroatoms. The molecule has 5 nitrogen and oxygen atoms in total. The molecule has 0 saturated carbocycles. The van der Waals surface area contributed by atoms with Gasteiger partial charge in [0.1, 0.15) is 17.9 Å². The molecular formula is C14H14N2O3S. The molecule has 0 aliphatic carbocycles. The van der Waals surface area contributed by atoms with Gasteiger partial charge in [0.25, 0.3) is 5.91 Å². The maximum Gasteiger partial charge on any atom is 0.259 e. The second-order valence-electron chi connectivity index (χ2n) is 4.24. The molecule has 0 aromatic carbocycles. The van der Waals surface area contributed by atoms with Gasteiger partial charge in [-0.1, -0.05) is 17.0 Å². The van der Waals surface area contributed by atoms with Crippen molar-refractivity contribution in [1.29, 1.82) is 0 Å². The Morgan fingerprint density at radius 3 is 3.05 bits per heavy atom. The number of carbonyl (C=O) groups is 1. The summed E-state index contributed by atoms with van der Waals surface area (Å²) in [5.41, 5.74) is 1.48. The Hall–Kier alpha value is -2.10. The molecule has 2 aromatic heterocycles. The minimum absolute atomic E-state index is 0.127. The number of rotatable bonds is 3. The average Bonchev–Trinajstić information content (AvgIpc) is 3.04. The predicted molar refractivity (Wildman–Crippen MR) is 75.3 cm³/mol. The Labute approximate surface area is 120 Å². The van der Waals surface area contributed by atoms with Crippen LogP contribution in [-0.2, 0) is 6.54 Å². The lowest BCUT2D eigenvalue weighted by atomic mass is 10.2. The van der Waals surface area contributed by atoms with Crippen LogP contribution in [0.3, 0.4) is 0 Å². The van der Waals surface area contributed by atoms with Gasteiger partial charge in [-0.3, -0.25) is 4.79 Å². The van der Waals surface area contributed by atoms with Crippen LogP contribution in [0.1, 0.15) is 26.6 Å². The van der Waals surface area contributed by atoms with E-state index in [0.717, 1.165) is 10.4 Å². The first-order valence-corrected chi connectivity index (χ1v) is 6.83. The number of aromatic nitrogens is 1. The van der Waals surface area contributed by atoms with Gasteiger partial charge in [0.15, 0.2) is 0 Å². The quantitative estimate of drug-likeness (QED) is 0.873. The fourth-order valence-electron chi connectivity index (χ4n) is 1.71. The van der Waals surface area contributed by atoms with E-state index in [1.54, 1.807) is 18.9 Å². The molecule has 0 unspecified atom stereocenters. The Balaban J connectivity index is 2.04. The van der Waals surface area contributed by atoms with Gasteiger partial charge < -0.3 is 14.5 Å². The van der Waals surface area contributed by atoms with Crippen LogP contribution in [0, 0.1) is 18.8 Å². The minimum atomic E-state index is -0.154. The van der Waals surface area contributed by atoms with E-state index in [1.807, 2.05) is 11.4 Å². The Morgan fingerprint density at radius 2 is 2.40 bits per heavy atom. The molecule has 2 heterocycles. The van der Waals surface area contributed by atoms with Gasteiger partial charge in [-0.15, -0.1) is 11.3 Å². The van der Waals surface area contributed by atoms with Gasteiger partial charge in [0, 0.05) is 13.6 Å². The molecule has 0 spiro atoms. The van der Waals surface area contributed by atoms with Crippen molar-refractivity contribution < 1.29 is 14.4 Å². The zero-order valence-electron chi connectivity index (χ0n) is 11.2. The van der Waals surface area contributed by atoms with Gasteiger partial charge in [-0.25, -0.2) is 0 Å². The number of nitrogens with zero attached hydrogens (tertiary/aromatic N) is 2.